The van der Waals surface area contributed by atoms with E-state index in [1.54, 1.807) is 6.20 Å². The highest BCUT2D eigenvalue weighted by atomic mass is 16.3. The molecule has 1 aromatic rings. The van der Waals surface area contributed by atoms with E-state index in [1.807, 2.05) is 19.2 Å². The van der Waals surface area contributed by atoms with E-state index in [4.69, 9.17) is 0 Å². The third-order valence-corrected chi connectivity index (χ3v) is 3.72. The molecule has 1 aliphatic heterocycles. The Morgan fingerprint density at radius 3 is 2.83 bits per heavy atom. The van der Waals surface area contributed by atoms with E-state index in [0.29, 0.717) is 0 Å². The molecule has 2 heterocycles. The van der Waals surface area contributed by atoms with Crippen molar-refractivity contribution >= 4 is 0 Å². The fourth-order valence-corrected chi connectivity index (χ4v) is 2.61. The van der Waals surface area contributed by atoms with Crippen molar-refractivity contribution in [3.63, 3.8) is 0 Å². The van der Waals surface area contributed by atoms with Crippen molar-refractivity contribution in [2.75, 3.05) is 33.7 Å². The van der Waals surface area contributed by atoms with E-state index in [-0.39, 0.29) is 6.04 Å². The molecule has 1 N–H and O–H groups in total. The topological polar surface area (TPSA) is 39.6 Å². The van der Waals surface area contributed by atoms with Gasteiger partial charge in [0.05, 0.1) is 12.1 Å². The standard InChI is InChI=1S/C14H23N3O/c1-11-7-12(9-15-8-11)14(18)13-10-16(2)5-4-6-17(13)3/h7-9,13-14,18H,4-6,10H2,1-3H3. The molecule has 1 aromatic heterocycles. The van der Waals surface area contributed by atoms with Gasteiger partial charge in [-0.1, -0.05) is 6.07 Å². The summed E-state index contributed by atoms with van der Waals surface area (Å²) in [5, 5.41) is 10.6. The van der Waals surface area contributed by atoms with Crippen LogP contribution in [0.3, 0.4) is 0 Å². The van der Waals surface area contributed by atoms with Crippen molar-refractivity contribution in [3.05, 3.63) is 29.6 Å². The summed E-state index contributed by atoms with van der Waals surface area (Å²) in [6.07, 6.45) is 4.28. The van der Waals surface area contributed by atoms with Crippen LogP contribution < -0.4 is 0 Å². The van der Waals surface area contributed by atoms with Gasteiger partial charge < -0.3 is 10.0 Å². The molecule has 1 fully saturated rings. The molecule has 2 rings (SSSR count). The number of hydrogen-bond donors (Lipinski definition) is 1. The molecule has 1 saturated heterocycles. The Kier molecular flexibility index (Phi) is 4.32. The molecule has 0 radical (unpaired) electrons. The minimum atomic E-state index is -0.469. The third kappa shape index (κ3) is 3.07. The highest BCUT2D eigenvalue weighted by molar-refractivity contribution is 5.20. The first-order valence-corrected chi connectivity index (χ1v) is 6.56. The van der Waals surface area contributed by atoms with E-state index in [9.17, 15) is 5.11 Å². The summed E-state index contributed by atoms with van der Waals surface area (Å²) in [6.45, 7) is 5.03. The van der Waals surface area contributed by atoms with Crippen LogP contribution in [0.15, 0.2) is 18.5 Å². The predicted octanol–water partition coefficient (Wildman–Crippen LogP) is 1.06. The van der Waals surface area contributed by atoms with Gasteiger partial charge >= 0.3 is 0 Å². The van der Waals surface area contributed by atoms with Crippen LogP contribution in [0.25, 0.3) is 0 Å². The molecule has 0 saturated carbocycles. The Balaban J connectivity index is 2.17. The molecule has 1 aliphatic rings. The fraction of sp³-hybridized carbons (Fsp3) is 0.643. The summed E-state index contributed by atoms with van der Waals surface area (Å²) in [5.41, 5.74) is 2.01. The first kappa shape index (κ1) is 13.5. The van der Waals surface area contributed by atoms with Crippen LogP contribution in [0.5, 0.6) is 0 Å². The van der Waals surface area contributed by atoms with Crippen LogP contribution >= 0.6 is 0 Å². The highest BCUT2D eigenvalue weighted by Gasteiger charge is 2.28. The van der Waals surface area contributed by atoms with Gasteiger partial charge in [-0.25, -0.2) is 0 Å². The van der Waals surface area contributed by atoms with Gasteiger partial charge in [0, 0.05) is 24.5 Å². The third-order valence-electron chi connectivity index (χ3n) is 3.72. The van der Waals surface area contributed by atoms with E-state index in [0.717, 1.165) is 37.2 Å². The van der Waals surface area contributed by atoms with Crippen molar-refractivity contribution in [1.82, 2.24) is 14.8 Å². The summed E-state index contributed by atoms with van der Waals surface area (Å²) >= 11 is 0. The van der Waals surface area contributed by atoms with Gasteiger partial charge in [0.2, 0.25) is 0 Å². The van der Waals surface area contributed by atoms with E-state index in [2.05, 4.69) is 28.9 Å². The molecule has 100 valence electrons. The van der Waals surface area contributed by atoms with Gasteiger partial charge in [-0.15, -0.1) is 0 Å². The molecule has 4 heteroatoms. The Labute approximate surface area is 109 Å². The van der Waals surface area contributed by atoms with Gasteiger partial charge in [0.1, 0.15) is 0 Å². The molecule has 2 unspecified atom stereocenters. The van der Waals surface area contributed by atoms with Gasteiger partial charge in [-0.05, 0) is 46.1 Å². The van der Waals surface area contributed by atoms with Crippen LogP contribution in [0.1, 0.15) is 23.7 Å². The lowest BCUT2D eigenvalue weighted by Gasteiger charge is -2.31. The molecule has 0 amide bonds. The van der Waals surface area contributed by atoms with Crippen molar-refractivity contribution < 1.29 is 5.11 Å². The summed E-state index contributed by atoms with van der Waals surface area (Å²) in [7, 11) is 4.21. The average molecular weight is 249 g/mol. The summed E-state index contributed by atoms with van der Waals surface area (Å²) in [5.74, 6) is 0. The molecular weight excluding hydrogens is 226 g/mol. The minimum Gasteiger partial charge on any atom is -0.387 e. The second-order valence-corrected chi connectivity index (χ2v) is 5.40. The average Bonchev–Trinajstić information content (AvgIpc) is 2.50. The maximum atomic E-state index is 10.6. The SMILES string of the molecule is Cc1cncc(C(O)C2CN(C)CCCN2C)c1. The highest BCUT2D eigenvalue weighted by Crippen LogP contribution is 2.22. The first-order valence-electron chi connectivity index (χ1n) is 6.56. The van der Waals surface area contributed by atoms with Crippen LogP contribution in [0.2, 0.25) is 0 Å². The van der Waals surface area contributed by atoms with Crippen molar-refractivity contribution in [3.8, 4) is 0 Å². The molecule has 0 aromatic carbocycles. The predicted molar refractivity (Wildman–Crippen MR) is 72.5 cm³/mol. The summed E-state index contributed by atoms with van der Waals surface area (Å²) in [4.78, 5) is 8.73. The molecule has 2 atom stereocenters. The zero-order valence-corrected chi connectivity index (χ0v) is 11.5. The van der Waals surface area contributed by atoms with Crippen molar-refractivity contribution in [2.24, 2.45) is 0 Å². The lowest BCUT2D eigenvalue weighted by atomic mass is 10.0. The molecule has 4 nitrogen and oxygen atoms in total. The minimum absolute atomic E-state index is 0.140. The molecule has 0 aliphatic carbocycles. The second kappa shape index (κ2) is 5.78. The molecule has 18 heavy (non-hydrogen) atoms. The van der Waals surface area contributed by atoms with Crippen molar-refractivity contribution in [1.29, 1.82) is 0 Å². The monoisotopic (exact) mass is 249 g/mol. The quantitative estimate of drug-likeness (QED) is 0.851. The number of aromatic nitrogens is 1. The second-order valence-electron chi connectivity index (χ2n) is 5.40. The van der Waals surface area contributed by atoms with Gasteiger partial charge in [-0.2, -0.15) is 0 Å². The van der Waals surface area contributed by atoms with Crippen molar-refractivity contribution in [2.45, 2.75) is 25.5 Å². The molecular formula is C14H23N3O. The number of aliphatic hydroxyl groups excluding tert-OH is 1. The maximum absolute atomic E-state index is 10.6. The van der Waals surface area contributed by atoms with Crippen LogP contribution in [-0.2, 0) is 0 Å². The van der Waals surface area contributed by atoms with Crippen LogP contribution in [-0.4, -0.2) is 59.7 Å². The summed E-state index contributed by atoms with van der Waals surface area (Å²) < 4.78 is 0. The number of nitrogens with zero attached hydrogens (tertiary/aromatic N) is 3. The van der Waals surface area contributed by atoms with Gasteiger partial charge in [-0.3, -0.25) is 9.88 Å². The smallest absolute Gasteiger partial charge is 0.0972 e. The van der Waals surface area contributed by atoms with Crippen LogP contribution in [0.4, 0.5) is 0 Å². The van der Waals surface area contributed by atoms with E-state index < -0.39 is 6.10 Å². The van der Waals surface area contributed by atoms with E-state index >= 15 is 0 Å². The summed E-state index contributed by atoms with van der Waals surface area (Å²) in [6, 6.07) is 2.16. The Bertz CT molecular complexity index is 396. The molecule has 0 bridgehead atoms. The van der Waals surface area contributed by atoms with Gasteiger partial charge in [0.15, 0.2) is 0 Å². The van der Waals surface area contributed by atoms with Crippen LogP contribution in [0, 0.1) is 6.92 Å². The molecule has 0 spiro atoms. The number of pyridine rings is 1. The fourth-order valence-electron chi connectivity index (χ4n) is 2.61. The number of hydrogen-bond acceptors (Lipinski definition) is 4. The Hall–Kier alpha value is -0.970. The maximum Gasteiger partial charge on any atom is 0.0972 e. The number of rotatable bonds is 2. The Morgan fingerprint density at radius 1 is 1.33 bits per heavy atom. The normalized spacial score (nSPS) is 24.8. The first-order chi connectivity index (χ1) is 8.58. The van der Waals surface area contributed by atoms with Gasteiger partial charge in [0.25, 0.3) is 0 Å². The number of aryl methyl sites for hydroxylation is 1. The lowest BCUT2D eigenvalue weighted by molar-refractivity contribution is 0.0569. The zero-order valence-electron chi connectivity index (χ0n) is 11.5. The number of likely N-dealkylation sites (N-methyl/N-ethyl adjacent to an activating group) is 2. The van der Waals surface area contributed by atoms with E-state index in [1.165, 1.54) is 0 Å². The number of aliphatic hydroxyl groups is 1. The Morgan fingerprint density at radius 2 is 2.11 bits per heavy atom. The lowest BCUT2D eigenvalue weighted by Crippen LogP contribution is -2.42. The largest absolute Gasteiger partial charge is 0.387 e. The zero-order chi connectivity index (χ0) is 13.1.